The van der Waals surface area contributed by atoms with Crippen molar-refractivity contribution in [3.05, 3.63) is 60.8 Å². The van der Waals surface area contributed by atoms with E-state index >= 15 is 0 Å². The molecule has 3 rings (SSSR count). The molecule has 0 radical (unpaired) electrons. The lowest BCUT2D eigenvalue weighted by Gasteiger charge is -2.05. The van der Waals surface area contributed by atoms with Gasteiger partial charge in [-0.3, -0.25) is 9.36 Å². The first kappa shape index (κ1) is 9.85. The van der Waals surface area contributed by atoms with Crippen molar-refractivity contribution < 1.29 is 4.79 Å². The van der Waals surface area contributed by atoms with Crippen LogP contribution in [0.1, 0.15) is 0 Å². The summed E-state index contributed by atoms with van der Waals surface area (Å²) in [5.41, 5.74) is 3.17. The van der Waals surface area contributed by atoms with Crippen LogP contribution in [0, 0.1) is 0 Å². The highest BCUT2D eigenvalue weighted by Crippen LogP contribution is 2.28. The molecule has 1 aromatic heterocycles. The predicted octanol–water partition coefficient (Wildman–Crippen LogP) is 3.35. The SMILES string of the molecule is O=Cn1ccc2cccc(-c3ccccc3)c21. The van der Waals surface area contributed by atoms with Crippen LogP contribution in [0.15, 0.2) is 60.8 Å². The molecule has 0 N–H and O–H groups in total. The van der Waals surface area contributed by atoms with Gasteiger partial charge in [-0.15, -0.1) is 0 Å². The summed E-state index contributed by atoms with van der Waals surface area (Å²) in [7, 11) is 0. The second-order valence-corrected chi connectivity index (χ2v) is 3.94. The number of para-hydroxylation sites is 1. The molecule has 0 aliphatic carbocycles. The highest BCUT2D eigenvalue weighted by molar-refractivity contribution is 5.97. The van der Waals surface area contributed by atoms with Gasteiger partial charge in [0.1, 0.15) is 0 Å². The van der Waals surface area contributed by atoms with Crippen molar-refractivity contribution in [3.8, 4) is 11.1 Å². The van der Waals surface area contributed by atoms with Gasteiger partial charge in [0.25, 0.3) is 0 Å². The summed E-state index contributed by atoms with van der Waals surface area (Å²) >= 11 is 0. The molecule has 2 aromatic carbocycles. The topological polar surface area (TPSA) is 22.0 Å². The Morgan fingerprint density at radius 3 is 2.47 bits per heavy atom. The summed E-state index contributed by atoms with van der Waals surface area (Å²) in [4.78, 5) is 11.0. The van der Waals surface area contributed by atoms with Crippen LogP contribution < -0.4 is 0 Å². The van der Waals surface area contributed by atoms with E-state index in [1.54, 1.807) is 10.8 Å². The quantitative estimate of drug-likeness (QED) is 0.608. The van der Waals surface area contributed by atoms with Gasteiger partial charge in [0.05, 0.1) is 5.52 Å². The van der Waals surface area contributed by atoms with E-state index < -0.39 is 0 Å². The molecule has 2 nitrogen and oxygen atoms in total. The zero-order valence-electron chi connectivity index (χ0n) is 9.21. The number of carbonyl (C=O) groups excluding carboxylic acids is 1. The summed E-state index contributed by atoms with van der Waals surface area (Å²) in [5, 5.41) is 1.08. The van der Waals surface area contributed by atoms with Gasteiger partial charge in [0.2, 0.25) is 6.41 Å². The maximum atomic E-state index is 11.0. The van der Waals surface area contributed by atoms with Crippen molar-refractivity contribution in [1.29, 1.82) is 0 Å². The normalized spacial score (nSPS) is 10.6. The Balaban J connectivity index is 2.36. The van der Waals surface area contributed by atoms with Crippen molar-refractivity contribution in [2.45, 2.75) is 0 Å². The fourth-order valence-corrected chi connectivity index (χ4v) is 2.16. The molecule has 0 amide bonds. The Morgan fingerprint density at radius 2 is 1.71 bits per heavy atom. The predicted molar refractivity (Wildman–Crippen MR) is 69.5 cm³/mol. The summed E-state index contributed by atoms with van der Waals surface area (Å²) in [6.45, 7) is 0. The number of hydrogen-bond acceptors (Lipinski definition) is 1. The third-order valence-electron chi connectivity index (χ3n) is 2.94. The highest BCUT2D eigenvalue weighted by atomic mass is 16.1. The van der Waals surface area contributed by atoms with Crippen molar-refractivity contribution in [2.75, 3.05) is 0 Å². The first-order valence-corrected chi connectivity index (χ1v) is 5.50. The Morgan fingerprint density at radius 1 is 0.882 bits per heavy atom. The molecule has 3 aromatic rings. The van der Waals surface area contributed by atoms with Crippen LogP contribution in [0.4, 0.5) is 0 Å². The molecule has 0 bridgehead atoms. The molecule has 82 valence electrons. The van der Waals surface area contributed by atoms with Gasteiger partial charge < -0.3 is 0 Å². The maximum Gasteiger partial charge on any atom is 0.218 e. The van der Waals surface area contributed by atoms with Crippen molar-refractivity contribution >= 4 is 17.3 Å². The van der Waals surface area contributed by atoms with Crippen LogP contribution in [0.3, 0.4) is 0 Å². The standard InChI is InChI=1S/C15H11NO/c17-11-16-10-9-13-7-4-8-14(15(13)16)12-5-2-1-3-6-12/h1-11H. The zero-order valence-corrected chi connectivity index (χ0v) is 9.21. The van der Waals surface area contributed by atoms with Gasteiger partial charge in [0, 0.05) is 17.1 Å². The first-order chi connectivity index (χ1) is 8.40. The molecule has 17 heavy (non-hydrogen) atoms. The zero-order chi connectivity index (χ0) is 11.7. The molecule has 0 unspecified atom stereocenters. The molecular formula is C15H11NO. The molecule has 0 fully saturated rings. The van der Waals surface area contributed by atoms with Gasteiger partial charge in [-0.1, -0.05) is 48.5 Å². The molecule has 1 heterocycles. The highest BCUT2D eigenvalue weighted by Gasteiger charge is 2.07. The third kappa shape index (κ3) is 1.54. The lowest BCUT2D eigenvalue weighted by molar-refractivity contribution is 0.549. The minimum Gasteiger partial charge on any atom is -0.289 e. The van der Waals surface area contributed by atoms with Gasteiger partial charge in [0.15, 0.2) is 0 Å². The summed E-state index contributed by atoms with van der Waals surface area (Å²) < 4.78 is 1.62. The first-order valence-electron chi connectivity index (χ1n) is 5.50. The minimum atomic E-state index is 0.842. The van der Waals surface area contributed by atoms with E-state index in [0.717, 1.165) is 28.4 Å². The average molecular weight is 221 g/mol. The summed E-state index contributed by atoms with van der Waals surface area (Å²) in [6.07, 6.45) is 2.64. The van der Waals surface area contributed by atoms with Gasteiger partial charge in [-0.2, -0.15) is 0 Å². The second-order valence-electron chi connectivity index (χ2n) is 3.94. The summed E-state index contributed by atoms with van der Waals surface area (Å²) in [6, 6.07) is 18.1. The number of hydrogen-bond donors (Lipinski definition) is 0. The van der Waals surface area contributed by atoms with Gasteiger partial charge >= 0.3 is 0 Å². The molecule has 0 saturated heterocycles. The lowest BCUT2D eigenvalue weighted by atomic mass is 10.0. The monoisotopic (exact) mass is 221 g/mol. The largest absolute Gasteiger partial charge is 0.289 e. The lowest BCUT2D eigenvalue weighted by Crippen LogP contribution is -1.93. The Hall–Kier alpha value is -2.35. The van der Waals surface area contributed by atoms with Gasteiger partial charge in [-0.05, 0) is 11.6 Å². The van der Waals surface area contributed by atoms with Crippen molar-refractivity contribution in [1.82, 2.24) is 4.57 Å². The van der Waals surface area contributed by atoms with E-state index in [1.165, 1.54) is 0 Å². The third-order valence-corrected chi connectivity index (χ3v) is 2.94. The maximum absolute atomic E-state index is 11.0. The fourth-order valence-electron chi connectivity index (χ4n) is 2.16. The summed E-state index contributed by atoms with van der Waals surface area (Å²) in [5.74, 6) is 0. The van der Waals surface area contributed by atoms with Crippen molar-refractivity contribution in [2.24, 2.45) is 0 Å². The van der Waals surface area contributed by atoms with Crippen LogP contribution in [0.2, 0.25) is 0 Å². The van der Waals surface area contributed by atoms with E-state index in [9.17, 15) is 4.79 Å². The van der Waals surface area contributed by atoms with Crippen LogP contribution >= 0.6 is 0 Å². The van der Waals surface area contributed by atoms with E-state index in [0.29, 0.717) is 0 Å². The number of carbonyl (C=O) groups is 1. The molecule has 0 spiro atoms. The van der Waals surface area contributed by atoms with Crippen LogP contribution in [-0.2, 0) is 4.79 Å². The van der Waals surface area contributed by atoms with E-state index in [1.807, 2.05) is 42.5 Å². The Kier molecular flexibility index (Phi) is 2.26. The van der Waals surface area contributed by atoms with Crippen LogP contribution in [-0.4, -0.2) is 11.0 Å². The smallest absolute Gasteiger partial charge is 0.218 e. The van der Waals surface area contributed by atoms with Gasteiger partial charge in [-0.25, -0.2) is 0 Å². The number of benzene rings is 2. The molecule has 2 heteroatoms. The molecule has 0 aliphatic heterocycles. The number of nitrogens with zero attached hydrogens (tertiary/aromatic N) is 1. The fraction of sp³-hybridized carbons (Fsp3) is 0. The van der Waals surface area contributed by atoms with E-state index in [4.69, 9.17) is 0 Å². The Bertz CT molecular complexity index is 668. The second kappa shape index (κ2) is 3.91. The van der Waals surface area contributed by atoms with Crippen LogP contribution in [0.5, 0.6) is 0 Å². The van der Waals surface area contributed by atoms with E-state index in [2.05, 4.69) is 12.1 Å². The minimum absolute atomic E-state index is 0.842. The number of aromatic nitrogens is 1. The molecule has 0 atom stereocenters. The van der Waals surface area contributed by atoms with E-state index in [-0.39, 0.29) is 0 Å². The number of fused-ring (bicyclic) bond motifs is 1. The van der Waals surface area contributed by atoms with Crippen molar-refractivity contribution in [3.63, 3.8) is 0 Å². The Labute approximate surface area is 99.1 Å². The molecule has 0 aliphatic rings. The molecule has 0 saturated carbocycles. The average Bonchev–Trinajstić information content (AvgIpc) is 2.82. The molecular weight excluding hydrogens is 210 g/mol. The van der Waals surface area contributed by atoms with Crippen LogP contribution in [0.25, 0.3) is 22.0 Å². The number of rotatable bonds is 2.